The number of aromatic nitrogens is 2. The predicted octanol–water partition coefficient (Wildman–Crippen LogP) is 3.19. The largest absolute Gasteiger partial charge is 0.493 e. The Hall–Kier alpha value is -2.61. The molecule has 150 valence electrons. The summed E-state index contributed by atoms with van der Waals surface area (Å²) in [7, 11) is 3.01. The maximum absolute atomic E-state index is 12.3. The quantitative estimate of drug-likeness (QED) is 0.273. The van der Waals surface area contributed by atoms with E-state index in [-0.39, 0.29) is 18.8 Å². The summed E-state index contributed by atoms with van der Waals surface area (Å²) in [5, 5.41) is 0.710. The van der Waals surface area contributed by atoms with Crippen LogP contribution in [0.2, 0.25) is 0 Å². The lowest BCUT2D eigenvalue weighted by Crippen LogP contribution is -2.15. The van der Waals surface area contributed by atoms with Gasteiger partial charge < -0.3 is 14.2 Å². The number of thioether (sulfide) groups is 1. The lowest BCUT2D eigenvalue weighted by atomic mass is 10.1. The van der Waals surface area contributed by atoms with E-state index in [0.29, 0.717) is 28.6 Å². The summed E-state index contributed by atoms with van der Waals surface area (Å²) in [5.41, 5.74) is 3.02. The van der Waals surface area contributed by atoms with E-state index in [1.165, 1.54) is 26.0 Å². The van der Waals surface area contributed by atoms with Gasteiger partial charge in [0.2, 0.25) is 0 Å². The number of methoxy groups -OCH3 is 2. The molecule has 0 saturated carbocycles. The van der Waals surface area contributed by atoms with Crippen LogP contribution >= 0.6 is 11.8 Å². The fourth-order valence-corrected chi connectivity index (χ4v) is 3.16. The number of carbonyl (C=O) groups excluding carboxylic acids is 2. The van der Waals surface area contributed by atoms with E-state index in [9.17, 15) is 9.59 Å². The Labute approximate surface area is 168 Å². The lowest BCUT2D eigenvalue weighted by Gasteiger charge is -2.10. The van der Waals surface area contributed by atoms with Crippen LogP contribution in [-0.2, 0) is 16.0 Å². The molecule has 1 heterocycles. The average Bonchev–Trinajstić information content (AvgIpc) is 2.70. The van der Waals surface area contributed by atoms with Crippen LogP contribution in [0.1, 0.15) is 33.7 Å². The number of esters is 1. The van der Waals surface area contributed by atoms with Crippen LogP contribution in [0.5, 0.6) is 11.5 Å². The molecule has 0 aliphatic rings. The van der Waals surface area contributed by atoms with Crippen molar-refractivity contribution in [3.05, 3.63) is 40.7 Å². The Kier molecular flexibility index (Phi) is 7.80. The van der Waals surface area contributed by atoms with Gasteiger partial charge in [-0.05, 0) is 50.3 Å². The summed E-state index contributed by atoms with van der Waals surface area (Å²) in [6.07, 6.45) is 2.54. The number of ketones is 1. The van der Waals surface area contributed by atoms with Crippen LogP contribution in [0.3, 0.4) is 0 Å². The maximum Gasteiger partial charge on any atom is 0.306 e. The highest BCUT2D eigenvalue weighted by Gasteiger charge is 2.15. The zero-order valence-electron chi connectivity index (χ0n) is 16.7. The molecule has 0 unspecified atom stereocenters. The summed E-state index contributed by atoms with van der Waals surface area (Å²) in [4.78, 5) is 33.1. The van der Waals surface area contributed by atoms with E-state index in [4.69, 9.17) is 14.2 Å². The highest BCUT2D eigenvalue weighted by molar-refractivity contribution is 7.98. The van der Waals surface area contributed by atoms with Crippen LogP contribution in [0, 0.1) is 13.8 Å². The third kappa shape index (κ3) is 5.45. The van der Waals surface area contributed by atoms with Crippen molar-refractivity contribution in [1.82, 2.24) is 9.97 Å². The standard InChI is InChI=1S/C20H24N2O5S/c1-12-15(13(2)22-20(21-12)28-5)7-9-19(24)27-11-16(23)14-6-8-17(25-3)18(10-14)26-4/h6,8,10H,7,9,11H2,1-5H3. The number of carbonyl (C=O) groups is 2. The maximum atomic E-state index is 12.3. The molecule has 0 atom stereocenters. The second kappa shape index (κ2) is 10.1. The van der Waals surface area contributed by atoms with Gasteiger partial charge in [0.1, 0.15) is 0 Å². The zero-order valence-corrected chi connectivity index (χ0v) is 17.5. The van der Waals surface area contributed by atoms with Crippen LogP contribution < -0.4 is 9.47 Å². The normalized spacial score (nSPS) is 10.5. The van der Waals surface area contributed by atoms with Gasteiger partial charge in [-0.2, -0.15) is 0 Å². The third-order valence-corrected chi connectivity index (χ3v) is 4.78. The summed E-state index contributed by atoms with van der Waals surface area (Å²) in [6.45, 7) is 3.47. The van der Waals surface area contributed by atoms with Crippen LogP contribution in [0.15, 0.2) is 23.4 Å². The molecule has 0 aliphatic carbocycles. The summed E-state index contributed by atoms with van der Waals surface area (Å²) in [6, 6.07) is 4.80. The molecule has 7 nitrogen and oxygen atoms in total. The first kappa shape index (κ1) is 21.7. The molecule has 0 bridgehead atoms. The summed E-state index contributed by atoms with van der Waals surface area (Å²) in [5.74, 6) is 0.215. The number of rotatable bonds is 9. The molecule has 8 heteroatoms. The van der Waals surface area contributed by atoms with Gasteiger partial charge in [0.05, 0.1) is 14.2 Å². The number of nitrogens with zero attached hydrogens (tertiary/aromatic N) is 2. The van der Waals surface area contributed by atoms with Crippen LogP contribution in [0.4, 0.5) is 0 Å². The molecular weight excluding hydrogens is 380 g/mol. The number of ether oxygens (including phenoxy) is 3. The molecule has 1 aromatic heterocycles. The smallest absolute Gasteiger partial charge is 0.306 e. The number of aryl methyl sites for hydroxylation is 2. The lowest BCUT2D eigenvalue weighted by molar-refractivity contribution is -0.142. The third-order valence-electron chi connectivity index (χ3n) is 4.23. The molecule has 1 aromatic carbocycles. The minimum Gasteiger partial charge on any atom is -0.493 e. The summed E-state index contributed by atoms with van der Waals surface area (Å²) < 4.78 is 15.5. The second-order valence-electron chi connectivity index (χ2n) is 6.01. The van der Waals surface area contributed by atoms with Gasteiger partial charge in [0.25, 0.3) is 0 Å². The molecule has 28 heavy (non-hydrogen) atoms. The van der Waals surface area contributed by atoms with E-state index < -0.39 is 5.97 Å². The first-order valence-corrected chi connectivity index (χ1v) is 9.91. The molecule has 0 radical (unpaired) electrons. The van der Waals surface area contributed by atoms with Crippen molar-refractivity contribution in [3.63, 3.8) is 0 Å². The molecule has 0 N–H and O–H groups in total. The molecule has 0 aliphatic heterocycles. The molecule has 2 rings (SSSR count). The number of hydrogen-bond acceptors (Lipinski definition) is 8. The molecule has 0 saturated heterocycles. The Morgan fingerprint density at radius 1 is 1.04 bits per heavy atom. The highest BCUT2D eigenvalue weighted by Crippen LogP contribution is 2.27. The highest BCUT2D eigenvalue weighted by atomic mass is 32.2. The Balaban J connectivity index is 1.91. The monoisotopic (exact) mass is 404 g/mol. The zero-order chi connectivity index (χ0) is 20.7. The first-order valence-electron chi connectivity index (χ1n) is 8.68. The average molecular weight is 404 g/mol. The molecule has 0 amide bonds. The Morgan fingerprint density at radius 2 is 1.68 bits per heavy atom. The minimum absolute atomic E-state index is 0.156. The van der Waals surface area contributed by atoms with Gasteiger partial charge in [-0.25, -0.2) is 9.97 Å². The van der Waals surface area contributed by atoms with E-state index in [2.05, 4.69) is 9.97 Å². The van der Waals surface area contributed by atoms with Gasteiger partial charge in [0, 0.05) is 23.4 Å². The van der Waals surface area contributed by atoms with E-state index in [0.717, 1.165) is 17.0 Å². The van der Waals surface area contributed by atoms with Gasteiger partial charge in [-0.15, -0.1) is 0 Å². The number of Topliss-reactive ketones (excluding diaryl/α,β-unsaturated/α-hetero) is 1. The Bertz CT molecular complexity index is 847. The van der Waals surface area contributed by atoms with Crippen molar-refractivity contribution in [2.24, 2.45) is 0 Å². The topological polar surface area (TPSA) is 87.6 Å². The van der Waals surface area contributed by atoms with Crippen molar-refractivity contribution >= 4 is 23.5 Å². The number of benzene rings is 1. The van der Waals surface area contributed by atoms with Crippen molar-refractivity contribution in [3.8, 4) is 11.5 Å². The van der Waals surface area contributed by atoms with Crippen molar-refractivity contribution in [2.75, 3.05) is 27.1 Å². The molecular formula is C20H24N2O5S. The van der Waals surface area contributed by atoms with Gasteiger partial charge in [0.15, 0.2) is 29.0 Å². The van der Waals surface area contributed by atoms with Crippen LogP contribution in [0.25, 0.3) is 0 Å². The molecule has 0 fully saturated rings. The minimum atomic E-state index is -0.443. The fraction of sp³-hybridized carbons (Fsp3) is 0.400. The van der Waals surface area contributed by atoms with E-state index in [1.807, 2.05) is 20.1 Å². The van der Waals surface area contributed by atoms with Crippen LogP contribution in [-0.4, -0.2) is 48.8 Å². The Morgan fingerprint density at radius 3 is 2.25 bits per heavy atom. The number of hydrogen-bond donors (Lipinski definition) is 0. The molecule has 0 spiro atoms. The van der Waals surface area contributed by atoms with Gasteiger partial charge in [-0.3, -0.25) is 9.59 Å². The van der Waals surface area contributed by atoms with Crippen molar-refractivity contribution < 1.29 is 23.8 Å². The van der Waals surface area contributed by atoms with Crippen molar-refractivity contribution in [2.45, 2.75) is 31.8 Å². The molecule has 2 aromatic rings. The fourth-order valence-electron chi connectivity index (χ4n) is 2.70. The predicted molar refractivity (Wildman–Crippen MR) is 106 cm³/mol. The van der Waals surface area contributed by atoms with E-state index in [1.54, 1.807) is 18.2 Å². The second-order valence-corrected chi connectivity index (χ2v) is 6.79. The van der Waals surface area contributed by atoms with Gasteiger partial charge in [-0.1, -0.05) is 11.8 Å². The summed E-state index contributed by atoms with van der Waals surface area (Å²) >= 11 is 1.48. The van der Waals surface area contributed by atoms with Gasteiger partial charge >= 0.3 is 5.97 Å². The van der Waals surface area contributed by atoms with E-state index >= 15 is 0 Å². The van der Waals surface area contributed by atoms with Crippen molar-refractivity contribution in [1.29, 1.82) is 0 Å². The SMILES string of the molecule is COc1ccc(C(=O)COC(=O)CCc2c(C)nc(SC)nc2C)cc1OC. The first-order chi connectivity index (χ1) is 13.4.